The lowest BCUT2D eigenvalue weighted by molar-refractivity contribution is -0.114. The molecule has 0 aliphatic heterocycles. The largest absolute Gasteiger partial charge is 0.392 e. The van der Waals surface area contributed by atoms with E-state index in [-0.39, 0.29) is 11.8 Å². The third kappa shape index (κ3) is 3.11. The fourth-order valence-corrected chi connectivity index (χ4v) is 2.84. The molecule has 1 aromatic rings. The van der Waals surface area contributed by atoms with Crippen molar-refractivity contribution < 1.29 is 9.90 Å². The summed E-state index contributed by atoms with van der Waals surface area (Å²) < 4.78 is 0. The molecule has 0 aromatic carbocycles. The normalized spacial score (nSPS) is 28.4. The number of hydrogen-bond acceptors (Lipinski definition) is 4. The molecule has 2 rings (SSSR count). The number of carbonyl (C=O) groups is 1. The molecule has 1 aliphatic rings. The number of rotatable bonds is 3. The fraction of sp³-hybridized carbons (Fsp3) is 0.438. The molecule has 21 heavy (non-hydrogen) atoms. The summed E-state index contributed by atoms with van der Waals surface area (Å²) in [6.45, 7) is 5.15. The molecule has 0 radical (unpaired) electrons. The smallest absolute Gasteiger partial charge is 0.221 e. The van der Waals surface area contributed by atoms with Gasteiger partial charge in [0, 0.05) is 12.8 Å². The van der Waals surface area contributed by atoms with Crippen LogP contribution in [0.25, 0.3) is 0 Å². The van der Waals surface area contributed by atoms with Gasteiger partial charge < -0.3 is 10.4 Å². The minimum Gasteiger partial charge on any atom is -0.392 e. The Morgan fingerprint density at radius 2 is 2.43 bits per heavy atom. The van der Waals surface area contributed by atoms with Crippen molar-refractivity contribution in [1.29, 1.82) is 5.26 Å². The summed E-state index contributed by atoms with van der Waals surface area (Å²) >= 11 is 0. The van der Waals surface area contributed by atoms with Gasteiger partial charge in [-0.3, -0.25) is 9.78 Å². The van der Waals surface area contributed by atoms with Crippen LogP contribution >= 0.6 is 0 Å². The first kappa shape index (κ1) is 15.2. The molecule has 3 atom stereocenters. The van der Waals surface area contributed by atoms with E-state index in [2.05, 4.69) is 22.9 Å². The first-order valence-corrected chi connectivity index (χ1v) is 6.97. The van der Waals surface area contributed by atoms with Gasteiger partial charge in [0.15, 0.2) is 0 Å². The molecule has 1 aliphatic carbocycles. The van der Waals surface area contributed by atoms with Crippen molar-refractivity contribution in [2.45, 2.75) is 37.7 Å². The number of nitriles is 1. The van der Waals surface area contributed by atoms with Gasteiger partial charge in [-0.15, -0.1) is 6.58 Å². The maximum atomic E-state index is 11.0. The highest BCUT2D eigenvalue weighted by atomic mass is 16.3. The van der Waals surface area contributed by atoms with Gasteiger partial charge in [0.25, 0.3) is 0 Å². The zero-order valence-electron chi connectivity index (χ0n) is 12.0. The maximum Gasteiger partial charge on any atom is 0.221 e. The molecule has 0 bridgehead atoms. The molecule has 5 nitrogen and oxygen atoms in total. The first-order valence-electron chi connectivity index (χ1n) is 6.97. The lowest BCUT2D eigenvalue weighted by atomic mass is 9.68. The van der Waals surface area contributed by atoms with Crippen LogP contribution in [0.4, 0.5) is 5.69 Å². The molecule has 1 fully saturated rings. The zero-order chi connectivity index (χ0) is 15.5. The topological polar surface area (TPSA) is 86.0 Å². The van der Waals surface area contributed by atoms with Gasteiger partial charge in [-0.25, -0.2) is 0 Å². The van der Waals surface area contributed by atoms with Crippen LogP contribution in [0.3, 0.4) is 0 Å². The van der Waals surface area contributed by atoms with Gasteiger partial charge >= 0.3 is 0 Å². The second-order valence-corrected chi connectivity index (χ2v) is 5.52. The van der Waals surface area contributed by atoms with Crippen LogP contribution in [0, 0.1) is 17.2 Å². The number of nitrogens with zero attached hydrogens (tertiary/aromatic N) is 2. The van der Waals surface area contributed by atoms with Crippen molar-refractivity contribution in [2.75, 3.05) is 5.32 Å². The Morgan fingerprint density at radius 1 is 1.67 bits per heavy atom. The molecular weight excluding hydrogens is 266 g/mol. The zero-order valence-corrected chi connectivity index (χ0v) is 12.0. The molecule has 0 saturated heterocycles. The van der Waals surface area contributed by atoms with Crippen LogP contribution in [0.1, 0.15) is 31.9 Å². The Kier molecular flexibility index (Phi) is 4.39. The minimum absolute atomic E-state index is 0.0325. The first-order chi connectivity index (χ1) is 10.0. The van der Waals surface area contributed by atoms with Gasteiger partial charge in [0.2, 0.25) is 5.91 Å². The van der Waals surface area contributed by atoms with Crippen molar-refractivity contribution in [3.63, 3.8) is 0 Å². The Balaban J connectivity index is 2.24. The number of carbonyl (C=O) groups excluding carboxylic acids is 1. The van der Waals surface area contributed by atoms with E-state index < -0.39 is 11.5 Å². The molecule has 2 N–H and O–H groups in total. The minimum atomic E-state index is -0.770. The highest BCUT2D eigenvalue weighted by Gasteiger charge is 2.42. The number of pyridine rings is 1. The summed E-state index contributed by atoms with van der Waals surface area (Å²) in [6, 6.07) is 5.80. The summed E-state index contributed by atoms with van der Waals surface area (Å²) in [6.07, 6.45) is 4.43. The molecule has 1 heterocycles. The summed E-state index contributed by atoms with van der Waals surface area (Å²) in [7, 11) is 0. The van der Waals surface area contributed by atoms with E-state index in [1.54, 1.807) is 24.4 Å². The van der Waals surface area contributed by atoms with Gasteiger partial charge in [0.05, 0.1) is 29.8 Å². The van der Waals surface area contributed by atoms with E-state index in [0.29, 0.717) is 30.6 Å². The van der Waals surface area contributed by atoms with Gasteiger partial charge in [-0.1, -0.05) is 6.08 Å². The molecule has 1 amide bonds. The Morgan fingerprint density at radius 3 is 2.90 bits per heavy atom. The SMILES string of the molecule is C=CC1CCC(C#N)(c2ccc(NC(C)=O)cn2)CC1O. The van der Waals surface area contributed by atoms with Crippen LogP contribution in [0.2, 0.25) is 0 Å². The van der Waals surface area contributed by atoms with E-state index in [4.69, 9.17) is 0 Å². The summed E-state index contributed by atoms with van der Waals surface area (Å²) in [5.41, 5.74) is 0.466. The third-order valence-corrected chi connectivity index (χ3v) is 4.05. The van der Waals surface area contributed by atoms with E-state index in [1.165, 1.54) is 6.92 Å². The predicted molar refractivity (Wildman–Crippen MR) is 79.4 cm³/mol. The van der Waals surface area contributed by atoms with E-state index in [0.717, 1.165) is 0 Å². The third-order valence-electron chi connectivity index (χ3n) is 4.05. The highest BCUT2D eigenvalue weighted by molar-refractivity contribution is 5.88. The quantitative estimate of drug-likeness (QED) is 0.833. The lowest BCUT2D eigenvalue weighted by Gasteiger charge is -2.37. The molecule has 1 saturated carbocycles. The fourth-order valence-electron chi connectivity index (χ4n) is 2.84. The highest BCUT2D eigenvalue weighted by Crippen LogP contribution is 2.41. The number of aliphatic hydroxyl groups excluding tert-OH is 1. The predicted octanol–water partition coefficient (Wildman–Crippen LogP) is 2.15. The van der Waals surface area contributed by atoms with Gasteiger partial charge in [0.1, 0.15) is 5.41 Å². The van der Waals surface area contributed by atoms with Gasteiger partial charge in [-0.2, -0.15) is 5.26 Å². The van der Waals surface area contributed by atoms with E-state index >= 15 is 0 Å². The van der Waals surface area contributed by atoms with E-state index in [1.807, 2.05) is 0 Å². The average molecular weight is 285 g/mol. The summed E-state index contributed by atoms with van der Waals surface area (Å²) in [5, 5.41) is 22.4. The van der Waals surface area contributed by atoms with Crippen LogP contribution in [0.5, 0.6) is 0 Å². The molecule has 1 aromatic heterocycles. The van der Waals surface area contributed by atoms with Crippen molar-refractivity contribution in [3.05, 3.63) is 36.7 Å². The average Bonchev–Trinajstić information content (AvgIpc) is 2.47. The number of amides is 1. The second kappa shape index (κ2) is 6.06. The Labute approximate surface area is 124 Å². The Hall–Kier alpha value is -2.19. The Bertz CT molecular complexity index is 576. The number of aromatic nitrogens is 1. The van der Waals surface area contributed by atoms with Crippen LogP contribution in [-0.2, 0) is 10.2 Å². The monoisotopic (exact) mass is 285 g/mol. The lowest BCUT2D eigenvalue weighted by Crippen LogP contribution is -2.39. The maximum absolute atomic E-state index is 11.0. The molecule has 110 valence electrons. The number of nitrogens with one attached hydrogen (secondary N) is 1. The molecule has 3 unspecified atom stereocenters. The number of anilines is 1. The molecule has 5 heteroatoms. The number of hydrogen-bond donors (Lipinski definition) is 2. The van der Waals surface area contributed by atoms with Gasteiger partial charge in [-0.05, 0) is 31.4 Å². The van der Waals surface area contributed by atoms with Crippen molar-refractivity contribution in [3.8, 4) is 6.07 Å². The second-order valence-electron chi connectivity index (χ2n) is 5.52. The molecule has 0 spiro atoms. The van der Waals surface area contributed by atoms with E-state index in [9.17, 15) is 15.2 Å². The van der Waals surface area contributed by atoms with Crippen LogP contribution < -0.4 is 5.32 Å². The standard InChI is InChI=1S/C16H19N3O2/c1-3-12-6-7-16(10-17,8-14(12)21)15-5-4-13(9-18-15)19-11(2)20/h3-5,9,12,14,21H,1,6-8H2,2H3,(H,19,20). The molecular formula is C16H19N3O2. The van der Waals surface area contributed by atoms with Crippen LogP contribution in [-0.4, -0.2) is 22.1 Å². The summed E-state index contributed by atoms with van der Waals surface area (Å²) in [4.78, 5) is 15.3. The summed E-state index contributed by atoms with van der Waals surface area (Å²) in [5.74, 6) is -0.133. The van der Waals surface area contributed by atoms with Crippen molar-refractivity contribution in [1.82, 2.24) is 4.98 Å². The van der Waals surface area contributed by atoms with Crippen LogP contribution in [0.15, 0.2) is 31.0 Å². The van der Waals surface area contributed by atoms with Crippen molar-refractivity contribution in [2.24, 2.45) is 5.92 Å². The number of aliphatic hydroxyl groups is 1. The van der Waals surface area contributed by atoms with Crippen molar-refractivity contribution >= 4 is 11.6 Å².